The van der Waals surface area contributed by atoms with Gasteiger partial charge in [0.05, 0.1) is 19.2 Å². The predicted molar refractivity (Wildman–Crippen MR) is 116 cm³/mol. The summed E-state index contributed by atoms with van der Waals surface area (Å²) in [6.07, 6.45) is 4.53. The Bertz CT molecular complexity index is 969. The van der Waals surface area contributed by atoms with Crippen LogP contribution in [0.2, 0.25) is 0 Å². The number of allylic oxidation sites excluding steroid dienone is 1. The number of carbonyl (C=O) groups is 1. The number of amides is 1. The molecule has 0 radical (unpaired) electrons. The summed E-state index contributed by atoms with van der Waals surface area (Å²) in [7, 11) is 1.64. The molecule has 1 amide bonds. The molecule has 0 aliphatic carbocycles. The number of nitrogens with zero attached hydrogens (tertiary/aromatic N) is 1. The molecule has 1 unspecified atom stereocenters. The number of methoxy groups -OCH3 is 1. The summed E-state index contributed by atoms with van der Waals surface area (Å²) in [6, 6.07) is 17.6. The normalized spacial score (nSPS) is 20.5. The Hall–Kier alpha value is -2.57. The van der Waals surface area contributed by atoms with E-state index >= 15 is 0 Å². The highest BCUT2D eigenvalue weighted by atomic mass is 32.2. The van der Waals surface area contributed by atoms with Gasteiger partial charge in [-0.25, -0.2) is 0 Å². The van der Waals surface area contributed by atoms with Crippen molar-refractivity contribution < 1.29 is 14.3 Å². The van der Waals surface area contributed by atoms with Crippen molar-refractivity contribution in [3.8, 4) is 5.75 Å². The average molecular weight is 410 g/mol. The van der Waals surface area contributed by atoms with Crippen molar-refractivity contribution in [2.75, 3.05) is 7.11 Å². The van der Waals surface area contributed by atoms with E-state index in [9.17, 15) is 4.79 Å². The standard InChI is InChI=1S/C22H19NO3S2/c1-25-18-10-6-5-9-17(18)19-12-11-16(26-19)13-20-21(24)23(22(27)28-20)14-15-7-3-2-4-8-15/h2-10,12-13,20H,11,14H2,1H3/b16-13+. The van der Waals surface area contributed by atoms with E-state index in [-0.39, 0.29) is 11.2 Å². The molecular weight excluding hydrogens is 390 g/mol. The summed E-state index contributed by atoms with van der Waals surface area (Å²) in [5.74, 6) is 2.27. The molecule has 2 aromatic carbocycles. The van der Waals surface area contributed by atoms with Gasteiger partial charge >= 0.3 is 0 Å². The fourth-order valence-corrected chi connectivity index (χ4v) is 4.59. The monoisotopic (exact) mass is 409 g/mol. The van der Waals surface area contributed by atoms with Gasteiger partial charge in [0, 0.05) is 6.42 Å². The molecule has 2 aromatic rings. The van der Waals surface area contributed by atoms with Crippen LogP contribution in [0.3, 0.4) is 0 Å². The van der Waals surface area contributed by atoms with Crippen molar-refractivity contribution in [3.05, 3.63) is 83.6 Å². The van der Waals surface area contributed by atoms with Crippen molar-refractivity contribution in [3.63, 3.8) is 0 Å². The minimum absolute atomic E-state index is 0.000643. The van der Waals surface area contributed by atoms with Crippen LogP contribution < -0.4 is 4.74 Å². The SMILES string of the molecule is COc1ccccc1C1=CC/C(=C\C2SC(=S)N(Cc3ccccc3)C2=O)O1. The molecule has 0 spiro atoms. The van der Waals surface area contributed by atoms with Gasteiger partial charge in [-0.15, -0.1) is 0 Å². The fraction of sp³-hybridized carbons (Fsp3) is 0.182. The van der Waals surface area contributed by atoms with Crippen LogP contribution in [0.1, 0.15) is 17.5 Å². The molecule has 1 saturated heterocycles. The van der Waals surface area contributed by atoms with Gasteiger partial charge in [-0.1, -0.05) is 66.4 Å². The summed E-state index contributed by atoms with van der Waals surface area (Å²) < 4.78 is 12.0. The first-order chi connectivity index (χ1) is 13.7. The van der Waals surface area contributed by atoms with Gasteiger partial charge in [0.15, 0.2) is 0 Å². The zero-order chi connectivity index (χ0) is 19.5. The van der Waals surface area contributed by atoms with Crippen LogP contribution in [-0.2, 0) is 16.1 Å². The Kier molecular flexibility index (Phi) is 5.50. The number of carbonyl (C=O) groups excluding carboxylic acids is 1. The van der Waals surface area contributed by atoms with E-state index in [0.29, 0.717) is 17.3 Å². The second kappa shape index (κ2) is 8.20. The number of rotatable bonds is 5. The lowest BCUT2D eigenvalue weighted by Crippen LogP contribution is -2.30. The lowest BCUT2D eigenvalue weighted by molar-refractivity contribution is -0.125. The highest BCUT2D eigenvalue weighted by molar-refractivity contribution is 8.24. The van der Waals surface area contributed by atoms with Crippen LogP contribution in [-0.4, -0.2) is 27.5 Å². The zero-order valence-electron chi connectivity index (χ0n) is 15.3. The van der Waals surface area contributed by atoms with Crippen LogP contribution in [0.4, 0.5) is 0 Å². The highest BCUT2D eigenvalue weighted by Crippen LogP contribution is 2.36. The Morgan fingerprint density at radius 1 is 1.21 bits per heavy atom. The second-order valence-electron chi connectivity index (χ2n) is 6.42. The molecule has 0 N–H and O–H groups in total. The van der Waals surface area contributed by atoms with Crippen LogP contribution >= 0.6 is 24.0 Å². The van der Waals surface area contributed by atoms with Crippen molar-refractivity contribution in [1.29, 1.82) is 0 Å². The maximum absolute atomic E-state index is 12.8. The average Bonchev–Trinajstić information content (AvgIpc) is 3.29. The topological polar surface area (TPSA) is 38.8 Å². The molecule has 4 rings (SSSR count). The second-order valence-corrected chi connectivity index (χ2v) is 8.20. The number of hydrogen-bond acceptors (Lipinski definition) is 5. The Labute approximate surface area is 173 Å². The first-order valence-corrected chi connectivity index (χ1v) is 10.2. The molecular formula is C22H19NO3S2. The molecule has 4 nitrogen and oxygen atoms in total. The number of benzene rings is 2. The van der Waals surface area contributed by atoms with Gasteiger partial charge in [0.2, 0.25) is 5.91 Å². The van der Waals surface area contributed by atoms with Gasteiger partial charge in [-0.2, -0.15) is 0 Å². The van der Waals surface area contributed by atoms with E-state index in [1.165, 1.54) is 11.8 Å². The van der Waals surface area contributed by atoms with Crippen molar-refractivity contribution >= 4 is 40.0 Å². The smallest absolute Gasteiger partial charge is 0.245 e. The van der Waals surface area contributed by atoms with E-state index in [1.807, 2.05) is 66.7 Å². The molecule has 2 aliphatic rings. The molecule has 2 aliphatic heterocycles. The highest BCUT2D eigenvalue weighted by Gasteiger charge is 2.36. The summed E-state index contributed by atoms with van der Waals surface area (Å²) in [5, 5.41) is -0.350. The zero-order valence-corrected chi connectivity index (χ0v) is 17.0. The number of ether oxygens (including phenoxy) is 2. The third kappa shape index (κ3) is 3.84. The molecule has 142 valence electrons. The fourth-order valence-electron chi connectivity index (χ4n) is 3.18. The number of para-hydroxylation sites is 1. The summed E-state index contributed by atoms with van der Waals surface area (Å²) >= 11 is 6.83. The van der Waals surface area contributed by atoms with Crippen molar-refractivity contribution in [2.24, 2.45) is 0 Å². The maximum atomic E-state index is 12.8. The van der Waals surface area contributed by atoms with Gasteiger partial charge in [0.25, 0.3) is 0 Å². The van der Waals surface area contributed by atoms with Crippen molar-refractivity contribution in [1.82, 2.24) is 4.90 Å². The van der Waals surface area contributed by atoms with Gasteiger partial charge in [-0.05, 0) is 29.8 Å². The molecule has 0 bridgehead atoms. The Morgan fingerprint density at radius 2 is 1.96 bits per heavy atom. The number of thioether (sulfide) groups is 1. The van der Waals surface area contributed by atoms with Gasteiger partial charge in [0.1, 0.15) is 26.8 Å². The van der Waals surface area contributed by atoms with Crippen LogP contribution in [0.5, 0.6) is 5.75 Å². The van der Waals surface area contributed by atoms with E-state index in [4.69, 9.17) is 21.7 Å². The summed E-state index contributed by atoms with van der Waals surface area (Å²) in [6.45, 7) is 0.497. The van der Waals surface area contributed by atoms with E-state index in [2.05, 4.69) is 0 Å². The minimum Gasteiger partial charge on any atom is -0.496 e. The van der Waals surface area contributed by atoms with Crippen molar-refractivity contribution in [2.45, 2.75) is 18.2 Å². The van der Waals surface area contributed by atoms with Crippen LogP contribution in [0.25, 0.3) is 5.76 Å². The third-order valence-electron chi connectivity index (χ3n) is 4.58. The van der Waals surface area contributed by atoms with Gasteiger partial charge in [-0.3, -0.25) is 9.69 Å². The number of hydrogen-bond donors (Lipinski definition) is 0. The molecule has 0 aromatic heterocycles. The molecule has 0 saturated carbocycles. The first-order valence-electron chi connectivity index (χ1n) is 8.93. The molecule has 1 atom stereocenters. The lowest BCUT2D eigenvalue weighted by atomic mass is 10.1. The molecule has 2 heterocycles. The first kappa shape index (κ1) is 18.8. The quantitative estimate of drug-likeness (QED) is 0.665. The number of thiocarbonyl (C=S) groups is 1. The van der Waals surface area contributed by atoms with E-state index in [0.717, 1.165) is 28.4 Å². The Morgan fingerprint density at radius 3 is 2.75 bits per heavy atom. The molecule has 28 heavy (non-hydrogen) atoms. The maximum Gasteiger partial charge on any atom is 0.245 e. The summed E-state index contributed by atoms with van der Waals surface area (Å²) in [5.41, 5.74) is 1.96. The van der Waals surface area contributed by atoms with E-state index < -0.39 is 0 Å². The predicted octanol–water partition coefficient (Wildman–Crippen LogP) is 4.77. The molecule has 6 heteroatoms. The minimum atomic E-state index is -0.350. The van der Waals surface area contributed by atoms with Crippen LogP contribution in [0, 0.1) is 0 Å². The third-order valence-corrected chi connectivity index (χ3v) is 6.10. The van der Waals surface area contributed by atoms with E-state index in [1.54, 1.807) is 12.0 Å². The summed E-state index contributed by atoms with van der Waals surface area (Å²) in [4.78, 5) is 14.5. The Balaban J connectivity index is 1.45. The van der Waals surface area contributed by atoms with Gasteiger partial charge < -0.3 is 9.47 Å². The molecule has 1 fully saturated rings. The lowest BCUT2D eigenvalue weighted by Gasteiger charge is -2.15. The van der Waals surface area contributed by atoms with Crippen LogP contribution in [0.15, 0.2) is 72.5 Å². The largest absolute Gasteiger partial charge is 0.496 e.